The summed E-state index contributed by atoms with van der Waals surface area (Å²) in [5.74, 6) is 1.19. The highest BCUT2D eigenvalue weighted by Crippen LogP contribution is 2.32. The molecule has 0 aliphatic carbocycles. The highest BCUT2D eigenvalue weighted by molar-refractivity contribution is 5.79. The van der Waals surface area contributed by atoms with E-state index in [9.17, 15) is 4.79 Å². The van der Waals surface area contributed by atoms with Gasteiger partial charge in [-0.1, -0.05) is 12.1 Å². The van der Waals surface area contributed by atoms with Gasteiger partial charge in [0.2, 0.25) is 5.91 Å². The third-order valence-corrected chi connectivity index (χ3v) is 3.66. The molecular formula is C16H26N2O3. The van der Waals surface area contributed by atoms with Crippen molar-refractivity contribution in [1.82, 2.24) is 4.90 Å². The van der Waals surface area contributed by atoms with E-state index >= 15 is 0 Å². The second-order valence-electron chi connectivity index (χ2n) is 4.80. The lowest BCUT2D eigenvalue weighted by Crippen LogP contribution is -2.40. The zero-order chi connectivity index (χ0) is 15.8. The number of ether oxygens (including phenoxy) is 2. The van der Waals surface area contributed by atoms with Crippen LogP contribution in [0.5, 0.6) is 11.5 Å². The number of nitrogens with zero attached hydrogens (tertiary/aromatic N) is 1. The van der Waals surface area contributed by atoms with Gasteiger partial charge in [0.15, 0.2) is 11.5 Å². The Balaban J connectivity index is 2.99. The molecule has 0 spiro atoms. The van der Waals surface area contributed by atoms with E-state index in [2.05, 4.69) is 0 Å². The second-order valence-corrected chi connectivity index (χ2v) is 4.80. The van der Waals surface area contributed by atoms with Crippen molar-refractivity contribution in [3.8, 4) is 11.5 Å². The lowest BCUT2D eigenvalue weighted by molar-refractivity contribution is -0.134. The number of para-hydroxylation sites is 1. The number of hydrogen-bond donors (Lipinski definition) is 1. The first kappa shape index (κ1) is 17.3. The van der Waals surface area contributed by atoms with Crippen LogP contribution in [0.25, 0.3) is 0 Å². The highest BCUT2D eigenvalue weighted by atomic mass is 16.5. The molecule has 1 rings (SSSR count). The van der Waals surface area contributed by atoms with Crippen LogP contribution in [0.4, 0.5) is 0 Å². The number of nitrogens with two attached hydrogens (primary N) is 1. The van der Waals surface area contributed by atoms with E-state index in [-0.39, 0.29) is 11.8 Å². The molecule has 1 unspecified atom stereocenters. The Bertz CT molecular complexity index is 459. The Hall–Kier alpha value is -1.75. The predicted octanol–water partition coefficient (Wildman–Crippen LogP) is 1.69. The van der Waals surface area contributed by atoms with Gasteiger partial charge in [0.25, 0.3) is 0 Å². The zero-order valence-electron chi connectivity index (χ0n) is 13.4. The summed E-state index contributed by atoms with van der Waals surface area (Å²) in [4.78, 5) is 14.3. The van der Waals surface area contributed by atoms with Crippen LogP contribution in [0.3, 0.4) is 0 Å². The van der Waals surface area contributed by atoms with Gasteiger partial charge >= 0.3 is 0 Å². The molecule has 0 aromatic heterocycles. The van der Waals surface area contributed by atoms with Crippen LogP contribution in [0.15, 0.2) is 18.2 Å². The Morgan fingerprint density at radius 3 is 2.38 bits per heavy atom. The van der Waals surface area contributed by atoms with Crippen molar-refractivity contribution in [2.45, 2.75) is 20.3 Å². The average molecular weight is 294 g/mol. The molecule has 0 heterocycles. The van der Waals surface area contributed by atoms with Gasteiger partial charge < -0.3 is 20.1 Å². The van der Waals surface area contributed by atoms with Gasteiger partial charge in [-0.3, -0.25) is 4.79 Å². The van der Waals surface area contributed by atoms with E-state index in [1.807, 2.05) is 36.9 Å². The molecule has 5 nitrogen and oxygen atoms in total. The van der Waals surface area contributed by atoms with Gasteiger partial charge in [-0.25, -0.2) is 0 Å². The Kier molecular flexibility index (Phi) is 7.02. The van der Waals surface area contributed by atoms with Crippen LogP contribution < -0.4 is 15.2 Å². The maximum absolute atomic E-state index is 12.5. The lowest BCUT2D eigenvalue weighted by atomic mass is 9.97. The Morgan fingerprint density at radius 1 is 1.24 bits per heavy atom. The molecule has 2 N–H and O–H groups in total. The fraction of sp³-hybridized carbons (Fsp3) is 0.562. The standard InChI is InChI=1S/C16H26N2O3/c1-5-18(6-2)16(19)13(11-17)10-12-8-7-9-14(20-3)15(12)21-4/h7-9,13H,5-6,10-11,17H2,1-4H3. The van der Waals surface area contributed by atoms with Gasteiger partial charge in [-0.05, 0) is 31.9 Å². The minimum absolute atomic E-state index is 0.0902. The molecule has 0 bridgehead atoms. The molecule has 5 heteroatoms. The summed E-state index contributed by atoms with van der Waals surface area (Å²) < 4.78 is 10.7. The third-order valence-electron chi connectivity index (χ3n) is 3.66. The van der Waals surface area contributed by atoms with E-state index in [0.29, 0.717) is 37.6 Å². The van der Waals surface area contributed by atoms with Gasteiger partial charge in [0, 0.05) is 19.6 Å². The molecule has 0 fully saturated rings. The summed E-state index contributed by atoms with van der Waals surface area (Å²) in [7, 11) is 3.20. The van der Waals surface area contributed by atoms with E-state index in [1.54, 1.807) is 14.2 Å². The van der Waals surface area contributed by atoms with Crippen molar-refractivity contribution in [3.63, 3.8) is 0 Å². The summed E-state index contributed by atoms with van der Waals surface area (Å²) in [5, 5.41) is 0. The summed E-state index contributed by atoms with van der Waals surface area (Å²) in [5.41, 5.74) is 6.75. The molecule has 1 atom stereocenters. The molecule has 0 aliphatic rings. The minimum Gasteiger partial charge on any atom is -0.493 e. The summed E-state index contributed by atoms with van der Waals surface area (Å²) in [6.45, 7) is 5.65. The SMILES string of the molecule is CCN(CC)C(=O)C(CN)Cc1cccc(OC)c1OC. The van der Waals surface area contributed by atoms with Crippen molar-refractivity contribution in [2.75, 3.05) is 33.9 Å². The quantitative estimate of drug-likeness (QED) is 0.792. The van der Waals surface area contributed by atoms with Crippen molar-refractivity contribution in [2.24, 2.45) is 11.7 Å². The van der Waals surface area contributed by atoms with Crippen LogP contribution >= 0.6 is 0 Å². The number of benzene rings is 1. The van der Waals surface area contributed by atoms with Crippen LogP contribution in [-0.2, 0) is 11.2 Å². The summed E-state index contributed by atoms with van der Waals surface area (Å²) >= 11 is 0. The predicted molar refractivity (Wildman–Crippen MR) is 83.7 cm³/mol. The fourth-order valence-electron chi connectivity index (χ4n) is 2.44. The monoisotopic (exact) mass is 294 g/mol. The Morgan fingerprint density at radius 2 is 1.90 bits per heavy atom. The molecule has 0 aliphatic heterocycles. The summed E-state index contributed by atoms with van der Waals surface area (Å²) in [6, 6.07) is 5.68. The Labute approximate surface area is 127 Å². The number of hydrogen-bond acceptors (Lipinski definition) is 4. The molecule has 0 saturated carbocycles. The van der Waals surface area contributed by atoms with Crippen LogP contribution in [0, 0.1) is 5.92 Å². The van der Waals surface area contributed by atoms with Crippen LogP contribution in [0.1, 0.15) is 19.4 Å². The lowest BCUT2D eigenvalue weighted by Gasteiger charge is -2.25. The number of rotatable bonds is 8. The largest absolute Gasteiger partial charge is 0.493 e. The van der Waals surface area contributed by atoms with Crippen molar-refractivity contribution in [1.29, 1.82) is 0 Å². The fourth-order valence-corrected chi connectivity index (χ4v) is 2.44. The smallest absolute Gasteiger partial charge is 0.227 e. The van der Waals surface area contributed by atoms with E-state index in [1.165, 1.54) is 0 Å². The second kappa shape index (κ2) is 8.52. The highest BCUT2D eigenvalue weighted by Gasteiger charge is 2.23. The maximum atomic E-state index is 12.5. The van der Waals surface area contributed by atoms with Gasteiger partial charge in [0.05, 0.1) is 20.1 Å². The molecule has 1 aromatic carbocycles. The van der Waals surface area contributed by atoms with Crippen molar-refractivity contribution >= 4 is 5.91 Å². The van der Waals surface area contributed by atoms with E-state index in [0.717, 1.165) is 5.56 Å². The first-order chi connectivity index (χ1) is 10.1. The van der Waals surface area contributed by atoms with Crippen LogP contribution in [0.2, 0.25) is 0 Å². The number of carbonyl (C=O) groups excluding carboxylic acids is 1. The minimum atomic E-state index is -0.245. The molecule has 0 radical (unpaired) electrons. The van der Waals surface area contributed by atoms with Crippen molar-refractivity contribution in [3.05, 3.63) is 23.8 Å². The number of carbonyl (C=O) groups is 1. The molecule has 21 heavy (non-hydrogen) atoms. The average Bonchev–Trinajstić information content (AvgIpc) is 2.52. The molecule has 1 aromatic rings. The number of amides is 1. The van der Waals surface area contributed by atoms with E-state index < -0.39 is 0 Å². The molecule has 118 valence electrons. The van der Waals surface area contributed by atoms with Crippen molar-refractivity contribution < 1.29 is 14.3 Å². The topological polar surface area (TPSA) is 64.8 Å². The maximum Gasteiger partial charge on any atom is 0.227 e. The summed E-state index contributed by atoms with van der Waals surface area (Å²) in [6.07, 6.45) is 0.548. The molecule has 0 saturated heterocycles. The number of methoxy groups -OCH3 is 2. The van der Waals surface area contributed by atoms with Crippen LogP contribution in [-0.4, -0.2) is 44.7 Å². The first-order valence-electron chi connectivity index (χ1n) is 7.31. The molecular weight excluding hydrogens is 268 g/mol. The zero-order valence-corrected chi connectivity index (χ0v) is 13.4. The normalized spacial score (nSPS) is 11.9. The van der Waals surface area contributed by atoms with Gasteiger partial charge in [-0.15, -0.1) is 0 Å². The third kappa shape index (κ3) is 4.11. The van der Waals surface area contributed by atoms with E-state index in [4.69, 9.17) is 15.2 Å². The first-order valence-corrected chi connectivity index (χ1v) is 7.31. The molecule has 1 amide bonds. The van der Waals surface area contributed by atoms with Gasteiger partial charge in [-0.2, -0.15) is 0 Å². The van der Waals surface area contributed by atoms with Gasteiger partial charge in [0.1, 0.15) is 0 Å².